The number of alkyl halides is 3. The molecule has 6 rings (SSSR count). The van der Waals surface area contributed by atoms with E-state index in [-0.39, 0.29) is 29.9 Å². The van der Waals surface area contributed by atoms with E-state index < -0.39 is 17.6 Å². The molecule has 3 aromatic rings. The second-order valence-electron chi connectivity index (χ2n) is 10.7. The van der Waals surface area contributed by atoms with Crippen LogP contribution in [0.2, 0.25) is 0 Å². The van der Waals surface area contributed by atoms with Crippen LogP contribution in [0.25, 0.3) is 11.3 Å². The van der Waals surface area contributed by atoms with Gasteiger partial charge in [-0.25, -0.2) is 19.3 Å². The molecule has 1 N–H and O–H groups in total. The van der Waals surface area contributed by atoms with Crippen molar-refractivity contribution in [1.82, 2.24) is 24.4 Å². The molecule has 1 unspecified atom stereocenters. The number of fused-ring (bicyclic) bond motifs is 1. The number of nitrogens with one attached hydrogen (secondary N) is 1. The number of carbonyl (C=O) groups excluding carboxylic acids is 1. The van der Waals surface area contributed by atoms with Gasteiger partial charge in [0.05, 0.1) is 17.7 Å². The summed E-state index contributed by atoms with van der Waals surface area (Å²) in [6.07, 6.45) is 2.30. The lowest BCUT2D eigenvalue weighted by molar-refractivity contribution is -0.140. The van der Waals surface area contributed by atoms with Crippen molar-refractivity contribution < 1.29 is 22.4 Å². The van der Waals surface area contributed by atoms with Crippen LogP contribution in [-0.4, -0.2) is 63.6 Å². The van der Waals surface area contributed by atoms with E-state index in [0.29, 0.717) is 24.6 Å². The number of benzene rings is 1. The predicted octanol–water partition coefficient (Wildman–Crippen LogP) is 4.64. The third-order valence-electron chi connectivity index (χ3n) is 8.00. The molecule has 8 nitrogen and oxygen atoms in total. The van der Waals surface area contributed by atoms with Crippen molar-refractivity contribution >= 4 is 17.5 Å². The maximum Gasteiger partial charge on any atom is 0.419 e. The first-order valence-electron chi connectivity index (χ1n) is 13.2. The fourth-order valence-corrected chi connectivity index (χ4v) is 6.04. The van der Waals surface area contributed by atoms with Gasteiger partial charge in [0.25, 0.3) is 0 Å². The second-order valence-corrected chi connectivity index (χ2v) is 10.7. The molecule has 39 heavy (non-hydrogen) atoms. The first-order valence-corrected chi connectivity index (χ1v) is 13.2. The van der Waals surface area contributed by atoms with Crippen molar-refractivity contribution in [2.24, 2.45) is 0 Å². The smallest absolute Gasteiger partial charge is 0.356 e. The lowest BCUT2D eigenvalue weighted by Gasteiger charge is -2.36. The molecule has 0 saturated carbocycles. The minimum atomic E-state index is -4.79. The maximum absolute atomic E-state index is 14.0. The van der Waals surface area contributed by atoms with E-state index in [4.69, 9.17) is 4.98 Å². The van der Waals surface area contributed by atoms with Gasteiger partial charge in [0.15, 0.2) is 0 Å². The lowest BCUT2D eigenvalue weighted by atomic mass is 9.94. The summed E-state index contributed by atoms with van der Waals surface area (Å²) in [6, 6.07) is 3.24. The summed E-state index contributed by atoms with van der Waals surface area (Å²) < 4.78 is 56.4. The molecule has 1 aromatic carbocycles. The van der Waals surface area contributed by atoms with Crippen LogP contribution in [0.4, 0.5) is 29.2 Å². The molecule has 0 spiro atoms. The van der Waals surface area contributed by atoms with Gasteiger partial charge < -0.3 is 19.7 Å². The quantitative estimate of drug-likeness (QED) is 0.483. The number of likely N-dealkylation sites (tertiary alicyclic amines) is 1. The highest BCUT2D eigenvalue weighted by molar-refractivity contribution is 5.99. The zero-order chi connectivity index (χ0) is 27.3. The number of nitrogens with zero attached hydrogens (tertiary/aromatic N) is 6. The topological polar surface area (TPSA) is 79.2 Å². The van der Waals surface area contributed by atoms with E-state index >= 15 is 0 Å². The first-order chi connectivity index (χ1) is 18.7. The minimum absolute atomic E-state index is 0.0943. The molecule has 0 radical (unpaired) electrons. The Morgan fingerprint density at radius 3 is 2.62 bits per heavy atom. The van der Waals surface area contributed by atoms with Crippen LogP contribution in [-0.2, 0) is 17.4 Å². The molecule has 0 aliphatic carbocycles. The second kappa shape index (κ2) is 9.89. The summed E-state index contributed by atoms with van der Waals surface area (Å²) in [5.74, 6) is 0.891. The Balaban J connectivity index is 1.30. The fraction of sp³-hybridized carbons (Fsp3) is 0.481. The predicted molar refractivity (Wildman–Crippen MR) is 137 cm³/mol. The van der Waals surface area contributed by atoms with Gasteiger partial charge in [0.1, 0.15) is 29.6 Å². The number of rotatable bonds is 4. The van der Waals surface area contributed by atoms with Gasteiger partial charge in [0, 0.05) is 48.9 Å². The molecule has 206 valence electrons. The van der Waals surface area contributed by atoms with Crippen LogP contribution in [0, 0.1) is 5.82 Å². The number of halogens is 4. The molecule has 12 heteroatoms. The van der Waals surface area contributed by atoms with Gasteiger partial charge in [-0.1, -0.05) is 0 Å². The Hall–Kier alpha value is -3.54. The van der Waals surface area contributed by atoms with E-state index in [1.165, 1.54) is 12.4 Å². The van der Waals surface area contributed by atoms with E-state index in [9.17, 15) is 22.4 Å². The Bertz CT molecular complexity index is 1400. The number of hydrogen-bond donors (Lipinski definition) is 1. The summed E-state index contributed by atoms with van der Waals surface area (Å²) in [5.41, 5.74) is 0.197. The van der Waals surface area contributed by atoms with Crippen molar-refractivity contribution in [3.63, 3.8) is 0 Å². The first kappa shape index (κ1) is 25.7. The van der Waals surface area contributed by atoms with Crippen molar-refractivity contribution in [2.45, 2.75) is 50.2 Å². The molecule has 3 aliphatic rings. The van der Waals surface area contributed by atoms with Crippen LogP contribution in [0.5, 0.6) is 0 Å². The highest BCUT2D eigenvalue weighted by Crippen LogP contribution is 2.38. The Morgan fingerprint density at radius 1 is 1.08 bits per heavy atom. The molecule has 1 amide bonds. The third kappa shape index (κ3) is 4.97. The van der Waals surface area contributed by atoms with Gasteiger partial charge >= 0.3 is 6.18 Å². The molecular weight excluding hydrogens is 514 g/mol. The summed E-state index contributed by atoms with van der Waals surface area (Å²) in [6.45, 7) is 3.22. The number of hydrogen-bond acceptors (Lipinski definition) is 6. The molecule has 0 bridgehead atoms. The number of amides is 1. The van der Waals surface area contributed by atoms with Gasteiger partial charge in [-0.3, -0.25) is 4.79 Å². The zero-order valence-corrected chi connectivity index (χ0v) is 21.5. The van der Waals surface area contributed by atoms with Crippen molar-refractivity contribution in [3.05, 3.63) is 53.5 Å². The Morgan fingerprint density at radius 2 is 1.87 bits per heavy atom. The SMILES string of the molecule is CN1CCCC(n2cc(-c3ccc(F)c(C(F)(F)F)c3)nc2C2CCN(c3ncnc4c3CC(=O)N4)CC2)C1. The van der Waals surface area contributed by atoms with Gasteiger partial charge in [-0.05, 0) is 57.5 Å². The number of likely N-dealkylation sites (N-methyl/N-ethyl adjacent to an activating group) is 1. The van der Waals surface area contributed by atoms with E-state index in [2.05, 4.69) is 36.7 Å². The van der Waals surface area contributed by atoms with Crippen LogP contribution >= 0.6 is 0 Å². The zero-order valence-electron chi connectivity index (χ0n) is 21.5. The van der Waals surface area contributed by atoms with Crippen LogP contribution in [0.3, 0.4) is 0 Å². The van der Waals surface area contributed by atoms with E-state index in [0.717, 1.165) is 68.1 Å². The average molecular weight is 544 g/mol. The number of piperidine rings is 2. The fourth-order valence-electron chi connectivity index (χ4n) is 6.04. The normalized spacial score (nSPS) is 20.8. The minimum Gasteiger partial charge on any atom is -0.356 e. The number of imidazole rings is 1. The van der Waals surface area contributed by atoms with Gasteiger partial charge in [-0.2, -0.15) is 13.2 Å². The van der Waals surface area contributed by atoms with E-state index in [1.807, 2.05) is 6.20 Å². The molecule has 2 aromatic heterocycles. The summed E-state index contributed by atoms with van der Waals surface area (Å²) >= 11 is 0. The number of anilines is 2. The molecule has 2 fully saturated rings. The van der Waals surface area contributed by atoms with Crippen LogP contribution < -0.4 is 10.2 Å². The summed E-state index contributed by atoms with van der Waals surface area (Å²) in [7, 11) is 2.07. The summed E-state index contributed by atoms with van der Waals surface area (Å²) in [4.78, 5) is 29.8. The molecular formula is C27H29F4N7O. The lowest BCUT2D eigenvalue weighted by Crippen LogP contribution is -2.37. The highest BCUT2D eigenvalue weighted by atomic mass is 19.4. The molecule has 2 saturated heterocycles. The largest absolute Gasteiger partial charge is 0.419 e. The van der Waals surface area contributed by atoms with Crippen molar-refractivity contribution in [1.29, 1.82) is 0 Å². The van der Waals surface area contributed by atoms with Gasteiger partial charge in [-0.15, -0.1) is 0 Å². The van der Waals surface area contributed by atoms with Crippen LogP contribution in [0.15, 0.2) is 30.7 Å². The number of aromatic nitrogens is 4. The molecule has 3 aliphatic heterocycles. The highest BCUT2D eigenvalue weighted by Gasteiger charge is 2.35. The molecule has 1 atom stereocenters. The number of carbonyl (C=O) groups is 1. The monoisotopic (exact) mass is 543 g/mol. The Labute approximate surface area is 223 Å². The van der Waals surface area contributed by atoms with Crippen LogP contribution in [0.1, 0.15) is 54.6 Å². The van der Waals surface area contributed by atoms with Crippen molar-refractivity contribution in [3.8, 4) is 11.3 Å². The third-order valence-corrected chi connectivity index (χ3v) is 8.00. The van der Waals surface area contributed by atoms with E-state index in [1.54, 1.807) is 0 Å². The maximum atomic E-state index is 14.0. The average Bonchev–Trinajstić information content (AvgIpc) is 3.52. The standard InChI is InChI=1S/C27H29F4N7O/c1-36-8-2-3-18(13-36)38-14-22(17-4-5-21(28)20(11-17)27(29,30)31)34-25(38)16-6-9-37(10-7-16)26-19-12-23(39)35-24(19)32-15-33-26/h4-5,11,14-16,18H,2-3,6-10,12-13H2,1H3,(H,32,33,35,39). The van der Waals surface area contributed by atoms with Gasteiger partial charge in [0.2, 0.25) is 5.91 Å². The summed E-state index contributed by atoms with van der Waals surface area (Å²) in [5, 5.41) is 2.77. The molecule has 5 heterocycles. The van der Waals surface area contributed by atoms with Crippen molar-refractivity contribution in [2.75, 3.05) is 43.4 Å². The Kier molecular flexibility index (Phi) is 6.52.